The summed E-state index contributed by atoms with van der Waals surface area (Å²) in [5, 5.41) is 16.4. The number of anilines is 1. The third-order valence-corrected chi connectivity index (χ3v) is 8.89. The third-order valence-electron chi connectivity index (χ3n) is 8.58. The van der Waals surface area contributed by atoms with Crippen LogP contribution in [0.4, 0.5) is 5.82 Å². The van der Waals surface area contributed by atoms with E-state index in [1.165, 1.54) is 6.42 Å². The van der Waals surface area contributed by atoms with E-state index in [1.807, 2.05) is 12.3 Å². The van der Waals surface area contributed by atoms with Crippen LogP contribution in [-0.4, -0.2) is 49.2 Å². The van der Waals surface area contributed by atoms with Gasteiger partial charge in [-0.05, 0) is 42.5 Å². The summed E-state index contributed by atoms with van der Waals surface area (Å²) in [4.78, 5) is 21.0. The number of nitriles is 1. The van der Waals surface area contributed by atoms with Crippen LogP contribution in [0.15, 0.2) is 30.5 Å². The molecule has 2 N–H and O–H groups in total. The fourth-order valence-electron chi connectivity index (χ4n) is 6.67. The maximum Gasteiger partial charge on any atom is 0.255 e. The van der Waals surface area contributed by atoms with Crippen molar-refractivity contribution in [3.05, 3.63) is 52.2 Å². The zero-order chi connectivity index (χ0) is 26.4. The van der Waals surface area contributed by atoms with E-state index in [2.05, 4.69) is 49.3 Å². The summed E-state index contributed by atoms with van der Waals surface area (Å²) in [6.45, 7) is 12.0. The average molecular weight is 522 g/mol. The van der Waals surface area contributed by atoms with E-state index in [-0.39, 0.29) is 28.9 Å². The highest BCUT2D eigenvalue weighted by molar-refractivity contribution is 6.31. The molecule has 0 radical (unpaired) electrons. The second-order valence-electron chi connectivity index (χ2n) is 11.8. The van der Waals surface area contributed by atoms with Gasteiger partial charge in [-0.25, -0.2) is 4.98 Å². The summed E-state index contributed by atoms with van der Waals surface area (Å²) >= 11 is 6.24. The fourth-order valence-corrected chi connectivity index (χ4v) is 6.89. The number of nitrogens with zero attached hydrogens (tertiary/aromatic N) is 3. The van der Waals surface area contributed by atoms with Gasteiger partial charge in [-0.15, -0.1) is 0 Å². The Hall–Kier alpha value is -2.82. The van der Waals surface area contributed by atoms with Crippen molar-refractivity contribution in [3.63, 3.8) is 0 Å². The first-order chi connectivity index (χ1) is 17.6. The van der Waals surface area contributed by atoms with Gasteiger partial charge in [-0.1, -0.05) is 45.7 Å². The molecule has 0 unspecified atom stereocenters. The van der Waals surface area contributed by atoms with Gasteiger partial charge < -0.3 is 20.3 Å². The largest absolute Gasteiger partial charge is 0.489 e. The van der Waals surface area contributed by atoms with E-state index in [9.17, 15) is 10.1 Å². The van der Waals surface area contributed by atoms with Gasteiger partial charge in [0.15, 0.2) is 0 Å². The number of hydrogen-bond acceptors (Lipinski definition) is 6. The molecule has 7 nitrogen and oxygen atoms in total. The Labute approximate surface area is 224 Å². The fraction of sp³-hybridized carbons (Fsp3) is 0.552. The number of halogens is 1. The smallest absolute Gasteiger partial charge is 0.255 e. The van der Waals surface area contributed by atoms with Crippen molar-refractivity contribution in [2.24, 2.45) is 10.8 Å². The number of benzene rings is 1. The molecule has 1 amide bonds. The van der Waals surface area contributed by atoms with Crippen LogP contribution in [0.3, 0.4) is 0 Å². The number of carbonyl (C=O) groups excluding carboxylic acids is 1. The summed E-state index contributed by atoms with van der Waals surface area (Å²) in [7, 11) is 0. The van der Waals surface area contributed by atoms with Crippen LogP contribution >= 0.6 is 11.6 Å². The molecule has 0 atom stereocenters. The topological polar surface area (TPSA) is 90.3 Å². The minimum absolute atomic E-state index is 0.0467. The molecule has 1 saturated heterocycles. The molecule has 3 aliphatic rings. The molecule has 0 bridgehead atoms. The van der Waals surface area contributed by atoms with Crippen molar-refractivity contribution < 1.29 is 9.53 Å². The summed E-state index contributed by atoms with van der Waals surface area (Å²) in [6.07, 6.45) is 5.16. The Morgan fingerprint density at radius 2 is 1.89 bits per heavy atom. The molecule has 2 aliphatic carbocycles. The minimum Gasteiger partial charge on any atom is -0.489 e. The van der Waals surface area contributed by atoms with Crippen LogP contribution in [-0.2, 0) is 0 Å². The van der Waals surface area contributed by atoms with Crippen molar-refractivity contribution in [3.8, 4) is 11.8 Å². The highest BCUT2D eigenvalue weighted by Gasteiger charge is 2.64. The van der Waals surface area contributed by atoms with Gasteiger partial charge >= 0.3 is 0 Å². The number of piperazine rings is 1. The second kappa shape index (κ2) is 9.81. The number of ether oxygens (including phenoxy) is 1. The van der Waals surface area contributed by atoms with Gasteiger partial charge in [0.25, 0.3) is 5.91 Å². The number of hydrogen-bond donors (Lipinski definition) is 2. The number of aromatic nitrogens is 1. The Morgan fingerprint density at radius 1 is 1.19 bits per heavy atom. The van der Waals surface area contributed by atoms with Crippen LogP contribution in [0.2, 0.25) is 5.02 Å². The lowest BCUT2D eigenvalue weighted by molar-refractivity contribution is -0.164. The molecule has 3 fully saturated rings. The predicted molar refractivity (Wildman–Crippen MR) is 145 cm³/mol. The van der Waals surface area contributed by atoms with Crippen LogP contribution < -0.4 is 20.3 Å². The van der Waals surface area contributed by atoms with Gasteiger partial charge in [0.1, 0.15) is 23.7 Å². The van der Waals surface area contributed by atoms with Crippen molar-refractivity contribution >= 4 is 23.3 Å². The van der Waals surface area contributed by atoms with Crippen molar-refractivity contribution in [1.29, 1.82) is 5.26 Å². The van der Waals surface area contributed by atoms with E-state index in [0.29, 0.717) is 22.3 Å². The highest BCUT2D eigenvalue weighted by Crippen LogP contribution is 2.56. The molecule has 1 aliphatic heterocycles. The summed E-state index contributed by atoms with van der Waals surface area (Å²) in [6, 6.07) is 9.18. The first kappa shape index (κ1) is 25.8. The first-order valence-electron chi connectivity index (χ1n) is 13.3. The van der Waals surface area contributed by atoms with Crippen molar-refractivity contribution in [1.82, 2.24) is 15.6 Å². The summed E-state index contributed by atoms with van der Waals surface area (Å²) < 4.78 is 6.41. The Balaban J connectivity index is 1.40. The van der Waals surface area contributed by atoms with E-state index in [0.717, 1.165) is 56.0 Å². The monoisotopic (exact) mass is 521 g/mol. The van der Waals surface area contributed by atoms with Gasteiger partial charge in [0, 0.05) is 55.3 Å². The molecule has 2 saturated carbocycles. The van der Waals surface area contributed by atoms with Gasteiger partial charge in [0.05, 0.1) is 16.1 Å². The van der Waals surface area contributed by atoms with Crippen molar-refractivity contribution in [2.75, 3.05) is 31.1 Å². The molecule has 196 valence electrons. The molecular formula is C29H36ClN5O2. The van der Waals surface area contributed by atoms with Crippen LogP contribution in [0.1, 0.15) is 74.4 Å². The third kappa shape index (κ3) is 4.55. The number of amides is 1. The van der Waals surface area contributed by atoms with Gasteiger partial charge in [0.2, 0.25) is 0 Å². The lowest BCUT2D eigenvalue weighted by Gasteiger charge is -2.63. The molecule has 2 aromatic rings. The van der Waals surface area contributed by atoms with Crippen LogP contribution in [0.5, 0.6) is 5.75 Å². The quantitative estimate of drug-likeness (QED) is 0.562. The van der Waals surface area contributed by atoms with E-state index < -0.39 is 0 Å². The number of rotatable bonds is 6. The van der Waals surface area contributed by atoms with E-state index in [4.69, 9.17) is 21.3 Å². The second-order valence-corrected chi connectivity index (χ2v) is 12.2. The zero-order valence-electron chi connectivity index (χ0n) is 22.1. The normalized spacial score (nSPS) is 24.4. The Kier molecular flexibility index (Phi) is 6.84. The number of nitrogens with one attached hydrogen (secondary N) is 2. The maximum absolute atomic E-state index is 14.1. The van der Waals surface area contributed by atoms with Gasteiger partial charge in [-0.3, -0.25) is 4.79 Å². The van der Waals surface area contributed by atoms with E-state index >= 15 is 0 Å². The van der Waals surface area contributed by atoms with Crippen LogP contribution in [0.25, 0.3) is 0 Å². The average Bonchev–Trinajstić information content (AvgIpc) is 2.85. The summed E-state index contributed by atoms with van der Waals surface area (Å²) in [5.74, 6) is 1.80. The molecular weight excluding hydrogens is 486 g/mol. The van der Waals surface area contributed by atoms with E-state index in [1.54, 1.807) is 18.2 Å². The summed E-state index contributed by atoms with van der Waals surface area (Å²) in [5.41, 5.74) is 1.64. The van der Waals surface area contributed by atoms with Crippen molar-refractivity contribution in [2.45, 2.75) is 65.0 Å². The lowest BCUT2D eigenvalue weighted by atomic mass is 9.49. The standard InChI is InChI=1S/C29H36ClN5O2/c1-28(2)26(29(3,4)27(28)37-20-9-8-19(17-31)22(30)16-20)34-25(36)23-21(18-6-5-7-18)10-11-33-24(23)35-14-12-32-13-15-35/h8-11,16,18,26-27,32H,5-7,12-15H2,1-4H3,(H,34,36). The molecule has 1 aromatic heterocycles. The molecule has 5 rings (SSSR count). The van der Waals surface area contributed by atoms with Crippen LogP contribution in [0, 0.1) is 22.2 Å². The number of pyridine rings is 1. The highest BCUT2D eigenvalue weighted by atomic mass is 35.5. The molecule has 2 heterocycles. The first-order valence-corrected chi connectivity index (χ1v) is 13.6. The maximum atomic E-state index is 14.1. The molecule has 1 aromatic carbocycles. The Morgan fingerprint density at radius 3 is 2.49 bits per heavy atom. The van der Waals surface area contributed by atoms with Gasteiger partial charge in [-0.2, -0.15) is 5.26 Å². The predicted octanol–water partition coefficient (Wildman–Crippen LogP) is 4.90. The molecule has 0 spiro atoms. The number of carbonyl (C=O) groups is 1. The zero-order valence-corrected chi connectivity index (χ0v) is 22.9. The lowest BCUT2D eigenvalue weighted by Crippen LogP contribution is -2.74. The minimum atomic E-state index is -0.326. The molecule has 8 heteroatoms. The Bertz CT molecular complexity index is 1210. The molecule has 37 heavy (non-hydrogen) atoms. The SMILES string of the molecule is CC1(C)C(NC(=O)c2c(C3CCC3)ccnc2N2CCNCC2)C(C)(C)C1Oc1ccc(C#N)c(Cl)c1.